The van der Waals surface area contributed by atoms with Gasteiger partial charge in [-0.15, -0.1) is 11.3 Å². The quantitative estimate of drug-likeness (QED) is 0.0658. The molecule has 0 bridgehead atoms. The van der Waals surface area contributed by atoms with Crippen LogP contribution < -0.4 is 21.9 Å². The summed E-state index contributed by atoms with van der Waals surface area (Å²) < 4.78 is 16.5. The molecule has 3 unspecified atom stereocenters. The number of aromatic nitrogens is 1. The fourth-order valence-electron chi connectivity index (χ4n) is 5.76. The van der Waals surface area contributed by atoms with E-state index in [1.807, 2.05) is 11.8 Å². The number of hydrogen-bond donors (Lipinski definition) is 5. The summed E-state index contributed by atoms with van der Waals surface area (Å²) in [5.41, 5.74) is 11.0. The van der Waals surface area contributed by atoms with Crippen molar-refractivity contribution in [3.63, 3.8) is 0 Å². The van der Waals surface area contributed by atoms with Crippen LogP contribution >= 0.6 is 11.3 Å². The number of rotatable bonds is 25. The maximum atomic E-state index is 13.7. The van der Waals surface area contributed by atoms with Crippen LogP contribution in [0.1, 0.15) is 114 Å². The van der Waals surface area contributed by atoms with Gasteiger partial charge in [0.15, 0.2) is 0 Å². The second-order valence-corrected chi connectivity index (χ2v) is 14.4. The molecule has 6 N–H and O–H groups in total. The van der Waals surface area contributed by atoms with Gasteiger partial charge in [0.1, 0.15) is 29.2 Å². The summed E-state index contributed by atoms with van der Waals surface area (Å²) in [5, 5.41) is 15.2. The minimum Gasteiger partial charge on any atom is -0.508 e. The van der Waals surface area contributed by atoms with E-state index >= 15 is 0 Å². The number of amides is 4. The Hall–Kier alpha value is -3.79. The lowest BCUT2D eigenvalue weighted by molar-refractivity contribution is -0.135. The van der Waals surface area contributed by atoms with Gasteiger partial charge in [0, 0.05) is 55.9 Å². The fourth-order valence-corrected chi connectivity index (χ4v) is 6.62. The number of thiazole rings is 1. The van der Waals surface area contributed by atoms with Crippen molar-refractivity contribution in [2.24, 2.45) is 17.6 Å². The van der Waals surface area contributed by atoms with Crippen molar-refractivity contribution in [1.29, 1.82) is 0 Å². The van der Waals surface area contributed by atoms with Gasteiger partial charge < -0.3 is 35.3 Å². The van der Waals surface area contributed by atoms with Gasteiger partial charge in [-0.25, -0.2) is 15.2 Å². The number of phenolic OH excluding ortho intramolecular Hbond substituents is 1. The number of carbonyl (C=O) groups is 4. The molecule has 4 atom stereocenters. The summed E-state index contributed by atoms with van der Waals surface area (Å²) in [6.07, 6.45) is 3.90. The molecular formula is C38H62N6O8S. The number of carbonyl (C=O) groups excluding carboxylic acids is 4. The first-order valence-corrected chi connectivity index (χ1v) is 19.8. The second-order valence-electron chi connectivity index (χ2n) is 13.5. The van der Waals surface area contributed by atoms with E-state index in [9.17, 15) is 24.3 Å². The van der Waals surface area contributed by atoms with E-state index in [1.165, 1.54) is 11.3 Å². The van der Waals surface area contributed by atoms with Crippen LogP contribution in [0.2, 0.25) is 0 Å². The summed E-state index contributed by atoms with van der Waals surface area (Å²) in [7, 11) is 0. The van der Waals surface area contributed by atoms with E-state index in [0.717, 1.165) is 31.2 Å². The van der Waals surface area contributed by atoms with Gasteiger partial charge in [-0.2, -0.15) is 0 Å². The Morgan fingerprint density at radius 2 is 1.68 bits per heavy atom. The zero-order valence-corrected chi connectivity index (χ0v) is 33.2. The van der Waals surface area contributed by atoms with E-state index in [4.69, 9.17) is 24.9 Å². The van der Waals surface area contributed by atoms with Crippen LogP contribution in [0.3, 0.4) is 0 Å². The molecule has 0 aliphatic heterocycles. The van der Waals surface area contributed by atoms with Crippen LogP contribution in [0.5, 0.6) is 5.75 Å². The van der Waals surface area contributed by atoms with Crippen LogP contribution in [0.25, 0.3) is 0 Å². The van der Waals surface area contributed by atoms with Gasteiger partial charge >= 0.3 is 6.09 Å². The zero-order valence-electron chi connectivity index (χ0n) is 32.4. The minimum absolute atomic E-state index is 0.00384. The summed E-state index contributed by atoms with van der Waals surface area (Å²) in [6, 6.07) is 6.08. The van der Waals surface area contributed by atoms with Crippen molar-refractivity contribution in [2.75, 3.05) is 39.5 Å². The summed E-state index contributed by atoms with van der Waals surface area (Å²) in [6.45, 7) is 14.2. The van der Waals surface area contributed by atoms with Gasteiger partial charge in [-0.05, 0) is 55.7 Å². The molecule has 2 aromatic rings. The average Bonchev–Trinajstić information content (AvgIpc) is 3.63. The van der Waals surface area contributed by atoms with Crippen molar-refractivity contribution in [3.05, 3.63) is 45.9 Å². The molecule has 1 aromatic carbocycles. The number of nitrogens with one attached hydrogen (secondary N) is 3. The smallest absolute Gasteiger partial charge is 0.426 e. The highest BCUT2D eigenvalue weighted by molar-refractivity contribution is 7.09. The van der Waals surface area contributed by atoms with E-state index in [0.29, 0.717) is 50.6 Å². The molecule has 14 nitrogen and oxygen atoms in total. The third-order valence-corrected chi connectivity index (χ3v) is 9.49. The molecule has 2 rings (SSSR count). The Morgan fingerprint density at radius 3 is 2.32 bits per heavy atom. The molecule has 0 aliphatic rings. The van der Waals surface area contributed by atoms with E-state index < -0.39 is 36.0 Å². The number of nitrogens with two attached hydrogens (primary N) is 1. The van der Waals surface area contributed by atoms with Gasteiger partial charge in [-0.3, -0.25) is 19.8 Å². The monoisotopic (exact) mass is 762 g/mol. The molecule has 1 aromatic heterocycles. The SMILES string of the molecule is CCCCC(=O)N(CCC)C(CC(OCCC)c1nc(C(=O)NC(Cc2ccc(O)cc2)C[C@H](C)C(=O)NNC(=O)OCCOCCN)cs1)C(C)C. The fraction of sp³-hybridized carbons (Fsp3) is 0.658. The molecule has 0 aliphatic carbocycles. The van der Waals surface area contributed by atoms with Crippen LogP contribution in [0.15, 0.2) is 29.6 Å². The van der Waals surface area contributed by atoms with E-state index in [1.54, 1.807) is 36.6 Å². The number of hydrazine groups is 1. The van der Waals surface area contributed by atoms with Gasteiger partial charge in [0.2, 0.25) is 11.8 Å². The Morgan fingerprint density at radius 1 is 0.943 bits per heavy atom. The number of nitrogens with zero attached hydrogens (tertiary/aromatic N) is 2. The summed E-state index contributed by atoms with van der Waals surface area (Å²) in [4.78, 5) is 58.7. The number of unbranched alkanes of at least 4 members (excludes halogenated alkanes) is 1. The number of phenols is 1. The second kappa shape index (κ2) is 25.3. The molecule has 53 heavy (non-hydrogen) atoms. The first kappa shape index (κ1) is 45.4. The number of hydrogen-bond acceptors (Lipinski definition) is 11. The highest BCUT2D eigenvalue weighted by Gasteiger charge is 2.31. The number of aromatic hydroxyl groups is 1. The maximum absolute atomic E-state index is 13.7. The van der Waals surface area contributed by atoms with Crippen LogP contribution in [0, 0.1) is 11.8 Å². The lowest BCUT2D eigenvalue weighted by Crippen LogP contribution is -2.46. The summed E-state index contributed by atoms with van der Waals surface area (Å²) in [5.74, 6) is -1.04. The Bertz CT molecular complexity index is 1370. The Balaban J connectivity index is 2.20. The number of benzene rings is 1. The topological polar surface area (TPSA) is 194 Å². The van der Waals surface area contributed by atoms with Crippen LogP contribution in [-0.4, -0.2) is 90.4 Å². The zero-order chi connectivity index (χ0) is 39.2. The molecule has 0 fully saturated rings. The van der Waals surface area contributed by atoms with E-state index in [2.05, 4.69) is 43.9 Å². The number of ether oxygens (including phenoxy) is 3. The largest absolute Gasteiger partial charge is 0.508 e. The van der Waals surface area contributed by atoms with E-state index in [-0.39, 0.29) is 48.9 Å². The van der Waals surface area contributed by atoms with Gasteiger partial charge in [0.25, 0.3) is 5.91 Å². The molecule has 1 heterocycles. The Kier molecular flexibility index (Phi) is 21.6. The molecule has 0 saturated heterocycles. The van der Waals surface area contributed by atoms with Crippen LogP contribution in [0.4, 0.5) is 4.79 Å². The summed E-state index contributed by atoms with van der Waals surface area (Å²) >= 11 is 1.35. The van der Waals surface area contributed by atoms with Crippen LogP contribution in [-0.2, 0) is 30.2 Å². The molecule has 4 amide bonds. The molecule has 0 spiro atoms. The molecule has 15 heteroatoms. The minimum atomic E-state index is -0.836. The maximum Gasteiger partial charge on any atom is 0.426 e. The highest BCUT2D eigenvalue weighted by Crippen LogP contribution is 2.31. The predicted molar refractivity (Wildman–Crippen MR) is 205 cm³/mol. The lowest BCUT2D eigenvalue weighted by Gasteiger charge is -2.36. The average molecular weight is 763 g/mol. The molecule has 298 valence electrons. The third kappa shape index (κ3) is 16.8. The van der Waals surface area contributed by atoms with Crippen molar-refractivity contribution in [1.82, 2.24) is 26.1 Å². The third-order valence-electron chi connectivity index (χ3n) is 8.56. The molecule has 0 radical (unpaired) electrons. The molecular weight excluding hydrogens is 701 g/mol. The Labute approximate surface area is 318 Å². The highest BCUT2D eigenvalue weighted by atomic mass is 32.1. The standard InChI is InChI=1S/C38H62N6O8S/c1-7-10-11-34(46)44(17-8-2)32(26(4)5)24-33(51-18-9-3)37-41-31(25-53-37)36(48)40-29(23-28-12-14-30(45)15-13-28)22-27(6)35(47)42-43-38(49)52-21-20-50-19-16-39/h12-15,25-27,29,32-33,45H,7-11,16-24,39H2,1-6H3,(H,40,48)(H,42,47)(H,43,49)/t27-,29?,32?,33?/m0/s1. The normalized spacial score (nSPS) is 13.5. The van der Waals surface area contributed by atoms with Crippen molar-refractivity contribution >= 4 is 35.2 Å². The first-order valence-electron chi connectivity index (χ1n) is 18.9. The van der Waals surface area contributed by atoms with Gasteiger partial charge in [-0.1, -0.05) is 60.1 Å². The van der Waals surface area contributed by atoms with Gasteiger partial charge in [0.05, 0.1) is 13.2 Å². The van der Waals surface area contributed by atoms with Crippen molar-refractivity contribution in [3.8, 4) is 5.75 Å². The molecule has 0 saturated carbocycles. The van der Waals surface area contributed by atoms with Crippen molar-refractivity contribution in [2.45, 2.75) is 111 Å². The first-order chi connectivity index (χ1) is 25.4. The predicted octanol–water partition coefficient (Wildman–Crippen LogP) is 5.26. The lowest BCUT2D eigenvalue weighted by atomic mass is 9.95. The van der Waals surface area contributed by atoms with Crippen molar-refractivity contribution < 1.29 is 38.5 Å².